The fraction of sp³-hybridized carbons (Fsp3) is 0.0588. The summed E-state index contributed by atoms with van der Waals surface area (Å²) in [6.45, 7) is 5.00. The van der Waals surface area contributed by atoms with E-state index in [0.29, 0.717) is 0 Å². The van der Waals surface area contributed by atoms with Gasteiger partial charge in [0.15, 0.2) is 0 Å². The molecular formula is C51H37NOSi. The van der Waals surface area contributed by atoms with Gasteiger partial charge in [-0.05, 0) is 91.8 Å². The highest BCUT2D eigenvalue weighted by Gasteiger charge is 2.52. The molecule has 0 saturated carbocycles. The molecule has 8 aromatic carbocycles. The minimum absolute atomic E-state index is 0.537. The van der Waals surface area contributed by atoms with Crippen molar-refractivity contribution in [2.75, 3.05) is 4.90 Å². The van der Waals surface area contributed by atoms with Crippen molar-refractivity contribution in [1.29, 1.82) is 0 Å². The third-order valence-corrected chi connectivity index (χ3v) is 15.7. The summed E-state index contributed by atoms with van der Waals surface area (Å²) in [6, 6.07) is 69.2. The van der Waals surface area contributed by atoms with Crippen LogP contribution in [-0.2, 0) is 5.41 Å². The van der Waals surface area contributed by atoms with Gasteiger partial charge in [-0.1, -0.05) is 159 Å². The molecule has 1 spiro atoms. The molecule has 256 valence electrons. The normalized spacial score (nSPS) is 14.6. The number of hydrogen-bond donors (Lipinski definition) is 0. The van der Waals surface area contributed by atoms with Gasteiger partial charge in [-0.2, -0.15) is 0 Å². The number of para-hydroxylation sites is 2. The summed E-state index contributed by atoms with van der Waals surface area (Å²) < 4.78 is 6.64. The van der Waals surface area contributed by atoms with Crippen LogP contribution in [0.2, 0.25) is 13.1 Å². The van der Waals surface area contributed by atoms with Crippen LogP contribution >= 0.6 is 0 Å². The maximum absolute atomic E-state index is 6.64. The highest BCUT2D eigenvalue weighted by molar-refractivity contribution is 7.03. The Labute approximate surface area is 317 Å². The fourth-order valence-electron chi connectivity index (χ4n) is 9.76. The van der Waals surface area contributed by atoms with E-state index in [1.165, 1.54) is 77.4 Å². The van der Waals surface area contributed by atoms with Gasteiger partial charge >= 0.3 is 0 Å². The van der Waals surface area contributed by atoms with Crippen LogP contribution in [0.25, 0.3) is 33.4 Å². The van der Waals surface area contributed by atoms with Crippen LogP contribution in [0.15, 0.2) is 188 Å². The zero-order valence-corrected chi connectivity index (χ0v) is 31.3. The van der Waals surface area contributed by atoms with Gasteiger partial charge in [-0.3, -0.25) is 0 Å². The molecule has 8 aromatic rings. The van der Waals surface area contributed by atoms with E-state index >= 15 is 0 Å². The van der Waals surface area contributed by atoms with Gasteiger partial charge < -0.3 is 9.64 Å². The molecule has 0 bridgehead atoms. The molecule has 2 nitrogen and oxygen atoms in total. The van der Waals surface area contributed by atoms with Gasteiger partial charge in [-0.15, -0.1) is 0 Å². The summed E-state index contributed by atoms with van der Waals surface area (Å²) in [4.78, 5) is 2.51. The van der Waals surface area contributed by atoms with Crippen molar-refractivity contribution in [3.05, 3.63) is 210 Å². The second-order valence-corrected chi connectivity index (χ2v) is 19.6. The second kappa shape index (κ2) is 11.5. The summed E-state index contributed by atoms with van der Waals surface area (Å²) >= 11 is 0. The molecule has 54 heavy (non-hydrogen) atoms. The standard InChI is InChI=1S/C51H37NOSi/c1-54(2)48-26-13-7-17-38(48)39-32-31-37(33-49(39)54)52(36-29-27-35(28-30-36)34-15-4-3-5-16-34)45-23-14-22-44-50(45)40-18-6-8-19-41(40)51(44)42-20-9-11-24-46(42)53-47-25-12-10-21-43(47)51/h3-33H,1-2H3. The monoisotopic (exact) mass is 707 g/mol. The molecule has 3 heteroatoms. The summed E-state index contributed by atoms with van der Waals surface area (Å²) in [6.07, 6.45) is 0. The molecule has 0 atom stereocenters. The smallest absolute Gasteiger partial charge is 0.132 e. The van der Waals surface area contributed by atoms with Crippen molar-refractivity contribution >= 4 is 35.5 Å². The van der Waals surface area contributed by atoms with Crippen molar-refractivity contribution in [3.63, 3.8) is 0 Å². The van der Waals surface area contributed by atoms with Crippen LogP contribution in [-0.4, -0.2) is 8.07 Å². The van der Waals surface area contributed by atoms with Crippen LogP contribution in [0.1, 0.15) is 22.3 Å². The maximum atomic E-state index is 6.64. The third kappa shape index (κ3) is 4.22. The first kappa shape index (κ1) is 31.1. The average molecular weight is 708 g/mol. The first-order chi connectivity index (χ1) is 26.5. The van der Waals surface area contributed by atoms with Gasteiger partial charge in [0.05, 0.1) is 11.1 Å². The SMILES string of the molecule is C[Si]1(C)c2ccccc2-c2ccc(N(c3ccc(-c4ccccc4)cc3)c3cccc4c3-c3ccccc3C43c4ccccc4Oc4ccccc43)cc21. The van der Waals surface area contributed by atoms with E-state index < -0.39 is 13.5 Å². The second-order valence-electron chi connectivity index (χ2n) is 15.2. The number of rotatable bonds is 4. The van der Waals surface area contributed by atoms with E-state index in [4.69, 9.17) is 4.74 Å². The molecule has 3 aliphatic rings. The van der Waals surface area contributed by atoms with Crippen LogP contribution in [0.3, 0.4) is 0 Å². The molecule has 0 N–H and O–H groups in total. The summed E-state index contributed by atoms with van der Waals surface area (Å²) in [5.74, 6) is 1.81. The van der Waals surface area contributed by atoms with E-state index in [9.17, 15) is 0 Å². The zero-order valence-electron chi connectivity index (χ0n) is 30.3. The Kier molecular flexibility index (Phi) is 6.65. The number of fused-ring (bicyclic) bond motifs is 12. The summed E-state index contributed by atoms with van der Waals surface area (Å²) in [5, 5.41) is 3.01. The number of anilines is 3. The zero-order chi connectivity index (χ0) is 36.0. The van der Waals surface area contributed by atoms with E-state index in [1.54, 1.807) is 0 Å². The Morgan fingerprint density at radius 3 is 1.72 bits per heavy atom. The van der Waals surface area contributed by atoms with Crippen LogP contribution in [0, 0.1) is 0 Å². The van der Waals surface area contributed by atoms with E-state index in [2.05, 4.69) is 206 Å². The lowest BCUT2D eigenvalue weighted by Crippen LogP contribution is -2.49. The minimum Gasteiger partial charge on any atom is -0.457 e. The highest BCUT2D eigenvalue weighted by Crippen LogP contribution is 2.64. The van der Waals surface area contributed by atoms with Gasteiger partial charge in [0, 0.05) is 28.1 Å². The number of benzene rings is 8. The van der Waals surface area contributed by atoms with Crippen molar-refractivity contribution in [3.8, 4) is 44.9 Å². The Morgan fingerprint density at radius 2 is 0.981 bits per heavy atom. The fourth-order valence-corrected chi connectivity index (χ4v) is 12.9. The molecule has 0 saturated heterocycles. The minimum atomic E-state index is -1.94. The lowest BCUT2D eigenvalue weighted by molar-refractivity contribution is 0.436. The molecule has 0 radical (unpaired) electrons. The number of ether oxygens (including phenoxy) is 1. The van der Waals surface area contributed by atoms with E-state index in [0.717, 1.165) is 17.2 Å². The first-order valence-corrected chi connectivity index (χ1v) is 21.9. The Balaban J connectivity index is 1.19. The van der Waals surface area contributed by atoms with Gasteiger partial charge in [0.1, 0.15) is 19.6 Å². The quantitative estimate of drug-likeness (QED) is 0.169. The Hall–Kier alpha value is -6.42. The Bertz CT molecular complexity index is 2740. The van der Waals surface area contributed by atoms with Gasteiger partial charge in [0.25, 0.3) is 0 Å². The predicted molar refractivity (Wildman–Crippen MR) is 226 cm³/mol. The largest absolute Gasteiger partial charge is 0.457 e. The van der Waals surface area contributed by atoms with E-state index in [-0.39, 0.29) is 0 Å². The number of nitrogens with zero attached hydrogens (tertiary/aromatic N) is 1. The number of hydrogen-bond acceptors (Lipinski definition) is 2. The Morgan fingerprint density at radius 1 is 0.426 bits per heavy atom. The first-order valence-electron chi connectivity index (χ1n) is 18.9. The van der Waals surface area contributed by atoms with Crippen molar-refractivity contribution in [1.82, 2.24) is 0 Å². The van der Waals surface area contributed by atoms with Crippen LogP contribution in [0.5, 0.6) is 11.5 Å². The third-order valence-electron chi connectivity index (χ3n) is 12.1. The lowest BCUT2D eigenvalue weighted by Gasteiger charge is -2.39. The molecule has 0 fully saturated rings. The molecule has 1 aliphatic carbocycles. The predicted octanol–water partition coefficient (Wildman–Crippen LogP) is 12.1. The average Bonchev–Trinajstić information content (AvgIpc) is 3.65. The molecular weight excluding hydrogens is 671 g/mol. The lowest BCUT2D eigenvalue weighted by atomic mass is 9.66. The molecule has 2 heterocycles. The maximum Gasteiger partial charge on any atom is 0.132 e. The highest BCUT2D eigenvalue weighted by atomic mass is 28.3. The van der Waals surface area contributed by atoms with Crippen LogP contribution < -0.4 is 20.0 Å². The molecule has 11 rings (SSSR count). The van der Waals surface area contributed by atoms with Gasteiger partial charge in [0.2, 0.25) is 0 Å². The van der Waals surface area contributed by atoms with Crippen molar-refractivity contribution in [2.24, 2.45) is 0 Å². The molecule has 0 aromatic heterocycles. The molecule has 0 amide bonds. The topological polar surface area (TPSA) is 12.5 Å². The van der Waals surface area contributed by atoms with E-state index in [1.807, 2.05) is 0 Å². The molecule has 0 unspecified atom stereocenters. The summed E-state index contributed by atoms with van der Waals surface area (Å²) in [5.41, 5.74) is 15.5. The van der Waals surface area contributed by atoms with Gasteiger partial charge in [-0.25, -0.2) is 0 Å². The summed E-state index contributed by atoms with van der Waals surface area (Å²) in [7, 11) is -1.94. The van der Waals surface area contributed by atoms with Crippen molar-refractivity contribution in [2.45, 2.75) is 18.5 Å². The van der Waals surface area contributed by atoms with Crippen LogP contribution in [0.4, 0.5) is 17.1 Å². The molecule has 2 aliphatic heterocycles. The van der Waals surface area contributed by atoms with Crippen molar-refractivity contribution < 1.29 is 4.74 Å².